The summed E-state index contributed by atoms with van der Waals surface area (Å²) in [5.74, 6) is -0.225. The molecule has 10 heteroatoms. The molecule has 2 aliphatic heterocycles. The van der Waals surface area contributed by atoms with Crippen LogP contribution in [0, 0.1) is 0 Å². The SMILES string of the molecule is CN1CCN(c2ccc(C(=O)Nc3ccc(CNC(=O)c4ccc5n4CCN(Cc4ccc(C(=O)N(C)C)cc4)C54CCC4)cc3)cc2)CC1. The Balaban J connectivity index is 0.934. The van der Waals surface area contributed by atoms with Gasteiger partial charge >= 0.3 is 0 Å². The van der Waals surface area contributed by atoms with Gasteiger partial charge in [-0.05, 0) is 98.1 Å². The van der Waals surface area contributed by atoms with Gasteiger partial charge in [-0.1, -0.05) is 24.3 Å². The van der Waals surface area contributed by atoms with Gasteiger partial charge in [-0.3, -0.25) is 19.3 Å². The van der Waals surface area contributed by atoms with Crippen molar-refractivity contribution in [3.8, 4) is 0 Å². The van der Waals surface area contributed by atoms with E-state index in [-0.39, 0.29) is 23.3 Å². The average molecular weight is 674 g/mol. The Morgan fingerprint density at radius 1 is 0.720 bits per heavy atom. The summed E-state index contributed by atoms with van der Waals surface area (Å²) in [6.45, 7) is 6.86. The summed E-state index contributed by atoms with van der Waals surface area (Å²) in [6, 6.07) is 27.5. The highest BCUT2D eigenvalue weighted by molar-refractivity contribution is 6.04. The van der Waals surface area contributed by atoms with Gasteiger partial charge in [0, 0.05) is 94.6 Å². The minimum atomic E-state index is -0.147. The predicted octanol–water partition coefficient (Wildman–Crippen LogP) is 5.02. The molecule has 10 nitrogen and oxygen atoms in total. The molecule has 3 aromatic carbocycles. The lowest BCUT2D eigenvalue weighted by molar-refractivity contribution is -0.0217. The van der Waals surface area contributed by atoms with Crippen molar-refractivity contribution in [3.63, 3.8) is 0 Å². The molecule has 260 valence electrons. The van der Waals surface area contributed by atoms with E-state index in [1.165, 1.54) is 17.7 Å². The number of fused-ring (bicyclic) bond motifs is 2. The Morgan fingerprint density at radius 3 is 2.02 bits per heavy atom. The minimum absolute atomic E-state index is 0.00755. The Labute approximate surface area is 294 Å². The number of likely N-dealkylation sites (N-methyl/N-ethyl adjacent to an activating group) is 1. The summed E-state index contributed by atoms with van der Waals surface area (Å²) in [6.07, 6.45) is 3.30. The highest BCUT2D eigenvalue weighted by Gasteiger charge is 2.48. The quantitative estimate of drug-likeness (QED) is 0.260. The molecular formula is C40H47N7O3. The number of benzene rings is 3. The van der Waals surface area contributed by atoms with Crippen molar-refractivity contribution in [3.05, 3.63) is 119 Å². The molecule has 4 aromatic rings. The number of amides is 3. The summed E-state index contributed by atoms with van der Waals surface area (Å²) in [5, 5.41) is 6.10. The molecule has 2 fully saturated rings. The Bertz CT molecular complexity index is 1840. The molecule has 7 rings (SSSR count). The normalized spacial score (nSPS) is 17.1. The molecule has 0 unspecified atom stereocenters. The highest BCUT2D eigenvalue weighted by atomic mass is 16.2. The Morgan fingerprint density at radius 2 is 1.38 bits per heavy atom. The fourth-order valence-electron chi connectivity index (χ4n) is 7.53. The van der Waals surface area contributed by atoms with Crippen LogP contribution in [0.25, 0.3) is 0 Å². The zero-order valence-electron chi connectivity index (χ0n) is 29.3. The van der Waals surface area contributed by atoms with Crippen molar-refractivity contribution in [1.29, 1.82) is 0 Å². The summed E-state index contributed by atoms with van der Waals surface area (Å²) in [7, 11) is 5.68. The molecule has 2 N–H and O–H groups in total. The second-order valence-corrected chi connectivity index (χ2v) is 14.1. The monoisotopic (exact) mass is 673 g/mol. The lowest BCUT2D eigenvalue weighted by Crippen LogP contribution is -2.56. The fraction of sp³-hybridized carbons (Fsp3) is 0.375. The molecule has 1 aliphatic carbocycles. The molecule has 1 saturated carbocycles. The summed E-state index contributed by atoms with van der Waals surface area (Å²) in [4.78, 5) is 47.5. The lowest BCUT2D eigenvalue weighted by atomic mass is 9.71. The molecule has 0 atom stereocenters. The van der Waals surface area contributed by atoms with E-state index in [9.17, 15) is 14.4 Å². The molecule has 1 saturated heterocycles. The van der Waals surface area contributed by atoms with Crippen LogP contribution in [0.5, 0.6) is 0 Å². The number of rotatable bonds is 9. The van der Waals surface area contributed by atoms with Crippen molar-refractivity contribution < 1.29 is 14.4 Å². The number of anilines is 2. The van der Waals surface area contributed by atoms with E-state index in [4.69, 9.17) is 0 Å². The van der Waals surface area contributed by atoms with E-state index >= 15 is 0 Å². The van der Waals surface area contributed by atoms with Crippen LogP contribution >= 0.6 is 0 Å². The van der Waals surface area contributed by atoms with Crippen LogP contribution in [-0.4, -0.2) is 90.9 Å². The van der Waals surface area contributed by atoms with Gasteiger partial charge in [0.25, 0.3) is 17.7 Å². The van der Waals surface area contributed by atoms with Gasteiger partial charge in [-0.25, -0.2) is 0 Å². The average Bonchev–Trinajstić information content (AvgIpc) is 3.55. The maximum absolute atomic E-state index is 13.4. The number of carbonyl (C=O) groups excluding carboxylic acids is 3. The molecular weight excluding hydrogens is 626 g/mol. The third-order valence-electron chi connectivity index (χ3n) is 10.7. The van der Waals surface area contributed by atoms with Crippen molar-refractivity contribution in [2.75, 3.05) is 64.1 Å². The van der Waals surface area contributed by atoms with Crippen molar-refractivity contribution in [1.82, 2.24) is 24.6 Å². The first kappa shape index (κ1) is 33.6. The van der Waals surface area contributed by atoms with E-state index < -0.39 is 0 Å². The van der Waals surface area contributed by atoms with E-state index in [1.807, 2.05) is 66.7 Å². The first-order chi connectivity index (χ1) is 24.2. The number of aromatic nitrogens is 1. The van der Waals surface area contributed by atoms with E-state index in [0.29, 0.717) is 29.1 Å². The third-order valence-corrected chi connectivity index (χ3v) is 10.7. The highest BCUT2D eigenvalue weighted by Crippen LogP contribution is 2.49. The maximum Gasteiger partial charge on any atom is 0.268 e. The summed E-state index contributed by atoms with van der Waals surface area (Å²) < 4.78 is 2.21. The minimum Gasteiger partial charge on any atom is -0.369 e. The number of nitrogens with zero attached hydrogens (tertiary/aromatic N) is 5. The smallest absolute Gasteiger partial charge is 0.268 e. The largest absolute Gasteiger partial charge is 0.369 e. The molecule has 3 amide bonds. The molecule has 1 spiro atoms. The number of piperazine rings is 1. The first-order valence-electron chi connectivity index (χ1n) is 17.7. The fourth-order valence-corrected chi connectivity index (χ4v) is 7.53. The number of hydrogen-bond acceptors (Lipinski definition) is 6. The van der Waals surface area contributed by atoms with Crippen LogP contribution in [-0.2, 0) is 25.2 Å². The molecule has 0 bridgehead atoms. The lowest BCUT2D eigenvalue weighted by Gasteiger charge is -2.53. The maximum atomic E-state index is 13.4. The van der Waals surface area contributed by atoms with Crippen LogP contribution < -0.4 is 15.5 Å². The third kappa shape index (κ3) is 6.78. The summed E-state index contributed by atoms with van der Waals surface area (Å²) >= 11 is 0. The van der Waals surface area contributed by atoms with Crippen LogP contribution in [0.3, 0.4) is 0 Å². The van der Waals surface area contributed by atoms with Gasteiger partial charge in [-0.15, -0.1) is 0 Å². The van der Waals surface area contributed by atoms with Gasteiger partial charge < -0.3 is 29.9 Å². The predicted molar refractivity (Wildman–Crippen MR) is 197 cm³/mol. The van der Waals surface area contributed by atoms with E-state index in [0.717, 1.165) is 69.9 Å². The second kappa shape index (κ2) is 14.1. The van der Waals surface area contributed by atoms with Crippen molar-refractivity contribution in [2.24, 2.45) is 0 Å². The molecule has 1 aromatic heterocycles. The van der Waals surface area contributed by atoms with Crippen LogP contribution in [0.1, 0.15) is 67.3 Å². The first-order valence-corrected chi connectivity index (χ1v) is 17.7. The topological polar surface area (TPSA) is 93.2 Å². The van der Waals surface area contributed by atoms with Gasteiger partial charge in [0.15, 0.2) is 0 Å². The molecule has 0 radical (unpaired) electrons. The van der Waals surface area contributed by atoms with Crippen molar-refractivity contribution >= 4 is 29.1 Å². The number of carbonyl (C=O) groups is 3. The number of hydrogen-bond donors (Lipinski definition) is 2. The molecule has 50 heavy (non-hydrogen) atoms. The van der Waals surface area contributed by atoms with Gasteiger partial charge in [-0.2, -0.15) is 0 Å². The standard InChI is InChI=1S/C40H47N7O3/c1-43(2)39(50)32-9-5-30(6-10-32)28-46-25-26-47-35(17-18-36(47)40(46)19-4-20-40)38(49)41-27-29-7-13-33(14-8-29)42-37(48)31-11-15-34(16-12-31)45-23-21-44(3)22-24-45/h5-18H,4,19-28H2,1-3H3,(H,41,49)(H,42,48). The van der Waals surface area contributed by atoms with Crippen LogP contribution in [0.4, 0.5) is 11.4 Å². The van der Waals surface area contributed by atoms with E-state index in [2.05, 4.69) is 55.1 Å². The van der Waals surface area contributed by atoms with Crippen LogP contribution in [0.2, 0.25) is 0 Å². The number of nitrogens with one attached hydrogen (secondary N) is 2. The zero-order chi connectivity index (χ0) is 34.8. The van der Waals surface area contributed by atoms with E-state index in [1.54, 1.807) is 19.0 Å². The molecule has 3 aliphatic rings. The zero-order valence-corrected chi connectivity index (χ0v) is 29.3. The molecule has 3 heterocycles. The Kier molecular flexibility index (Phi) is 9.48. The Hall–Kier alpha value is -4.93. The van der Waals surface area contributed by atoms with Crippen LogP contribution in [0.15, 0.2) is 84.9 Å². The van der Waals surface area contributed by atoms with Gasteiger partial charge in [0.2, 0.25) is 0 Å². The van der Waals surface area contributed by atoms with Crippen molar-refractivity contribution in [2.45, 2.75) is 44.4 Å². The summed E-state index contributed by atoms with van der Waals surface area (Å²) in [5.41, 5.74) is 7.15. The van der Waals surface area contributed by atoms with Gasteiger partial charge in [0.05, 0.1) is 5.54 Å². The van der Waals surface area contributed by atoms with Gasteiger partial charge in [0.1, 0.15) is 5.69 Å². The second-order valence-electron chi connectivity index (χ2n) is 14.1.